The molecule has 20 heavy (non-hydrogen) atoms. The van der Waals surface area contributed by atoms with Crippen LogP contribution < -0.4 is 10.6 Å². The van der Waals surface area contributed by atoms with E-state index in [1.807, 2.05) is 5.32 Å². The van der Waals surface area contributed by atoms with Gasteiger partial charge in [-0.25, -0.2) is 14.6 Å². The van der Waals surface area contributed by atoms with Crippen molar-refractivity contribution in [3.8, 4) is 0 Å². The second-order valence-corrected chi connectivity index (χ2v) is 4.10. The van der Waals surface area contributed by atoms with Gasteiger partial charge in [0, 0.05) is 0 Å². The maximum Gasteiger partial charge on any atom is 0.422 e. The van der Waals surface area contributed by atoms with E-state index in [1.54, 1.807) is 6.92 Å². The first-order valence-corrected chi connectivity index (χ1v) is 5.33. The van der Waals surface area contributed by atoms with E-state index in [1.165, 1.54) is 11.5 Å². The van der Waals surface area contributed by atoms with Gasteiger partial charge in [-0.3, -0.25) is 0 Å². The molecule has 1 unspecified atom stereocenters. The molecule has 1 atom stereocenters. The molecule has 1 rings (SSSR count). The van der Waals surface area contributed by atoms with E-state index in [0.717, 1.165) is 0 Å². The Labute approximate surface area is 111 Å². The third kappa shape index (κ3) is 3.39. The average Bonchev–Trinajstić information content (AvgIpc) is 2.70. The molecule has 1 aromatic rings. The van der Waals surface area contributed by atoms with Crippen LogP contribution in [0.25, 0.3) is 0 Å². The number of amides is 2. The molecule has 3 N–H and O–H groups in total. The van der Waals surface area contributed by atoms with Crippen LogP contribution in [0.3, 0.4) is 0 Å². The Morgan fingerprint density at radius 2 is 2.05 bits per heavy atom. The third-order valence-corrected chi connectivity index (χ3v) is 2.43. The van der Waals surface area contributed by atoms with Gasteiger partial charge in [0.25, 0.3) is 0 Å². The van der Waals surface area contributed by atoms with Crippen molar-refractivity contribution in [3.05, 3.63) is 17.8 Å². The number of aryl methyl sites for hydroxylation is 1. The highest BCUT2D eigenvalue weighted by atomic mass is 19.4. The highest BCUT2D eigenvalue weighted by Gasteiger charge is 2.58. The summed E-state index contributed by atoms with van der Waals surface area (Å²) in [6.45, 7) is 1.68. The molecular weight excluding hydrogens is 283 g/mol. The molecule has 10 heteroatoms. The molecule has 0 bridgehead atoms. The van der Waals surface area contributed by atoms with E-state index in [4.69, 9.17) is 9.52 Å². The number of nitrogens with zero attached hydrogens (tertiary/aromatic N) is 1. The van der Waals surface area contributed by atoms with E-state index in [2.05, 4.69) is 4.98 Å². The molecule has 0 aliphatic rings. The summed E-state index contributed by atoms with van der Waals surface area (Å²) in [7, 11) is 0. The number of rotatable bonds is 4. The second-order valence-electron chi connectivity index (χ2n) is 4.10. The van der Waals surface area contributed by atoms with Gasteiger partial charge in [-0.2, -0.15) is 13.2 Å². The summed E-state index contributed by atoms with van der Waals surface area (Å²) in [5.41, 5.74) is -3.39. The van der Waals surface area contributed by atoms with Crippen LogP contribution in [-0.2, 0) is 11.3 Å². The molecule has 1 aromatic heterocycles. The number of oxazole rings is 1. The van der Waals surface area contributed by atoms with E-state index in [9.17, 15) is 22.8 Å². The molecule has 0 aliphatic carbocycles. The number of nitrogens with one attached hydrogen (secondary N) is 2. The predicted octanol–water partition coefficient (Wildman–Crippen LogP) is 1.19. The number of carboxylic acid groups (broad SMARTS) is 1. The monoisotopic (exact) mass is 295 g/mol. The van der Waals surface area contributed by atoms with Gasteiger partial charge in [-0.05, 0) is 13.8 Å². The number of alkyl halides is 3. The summed E-state index contributed by atoms with van der Waals surface area (Å²) in [4.78, 5) is 25.7. The first kappa shape index (κ1) is 15.8. The summed E-state index contributed by atoms with van der Waals surface area (Å²) in [6, 6.07) is -1.30. The zero-order valence-electron chi connectivity index (χ0n) is 10.5. The highest BCUT2D eigenvalue weighted by molar-refractivity contribution is 5.86. The Balaban J connectivity index is 2.66. The number of aromatic nitrogens is 1. The molecule has 2 amide bonds. The van der Waals surface area contributed by atoms with Crippen LogP contribution in [0.15, 0.2) is 10.6 Å². The number of carbonyl (C=O) groups is 2. The van der Waals surface area contributed by atoms with Crippen LogP contribution in [0, 0.1) is 6.92 Å². The predicted molar refractivity (Wildman–Crippen MR) is 58.7 cm³/mol. The lowest BCUT2D eigenvalue weighted by molar-refractivity contribution is -0.203. The first-order chi connectivity index (χ1) is 9.06. The Bertz CT molecular complexity index is 514. The lowest BCUT2D eigenvalue weighted by atomic mass is 10.0. The molecule has 0 saturated heterocycles. The molecule has 1 heterocycles. The van der Waals surface area contributed by atoms with Crippen LogP contribution in [0.4, 0.5) is 18.0 Å². The largest absolute Gasteiger partial charge is 0.479 e. The van der Waals surface area contributed by atoms with E-state index in [-0.39, 0.29) is 12.4 Å². The standard InChI is InChI=1S/C10H12F3N3O4/c1-5-3-14-6(20-5)4-15-8(19)16-9(2,7(17)18)10(11,12)13/h3H,4H2,1-2H3,(H,17,18)(H2,15,16,19). The fourth-order valence-corrected chi connectivity index (χ4v) is 1.16. The van der Waals surface area contributed by atoms with Crippen molar-refractivity contribution in [3.63, 3.8) is 0 Å². The van der Waals surface area contributed by atoms with Crippen LogP contribution in [-0.4, -0.2) is 33.8 Å². The Hall–Kier alpha value is -2.26. The van der Waals surface area contributed by atoms with Crippen LogP contribution in [0.1, 0.15) is 18.6 Å². The van der Waals surface area contributed by atoms with Crippen molar-refractivity contribution >= 4 is 12.0 Å². The lowest BCUT2D eigenvalue weighted by Gasteiger charge is -2.28. The van der Waals surface area contributed by atoms with Crippen molar-refractivity contribution < 1.29 is 32.3 Å². The summed E-state index contributed by atoms with van der Waals surface area (Å²) in [5, 5.41) is 12.0. The highest BCUT2D eigenvalue weighted by Crippen LogP contribution is 2.30. The van der Waals surface area contributed by atoms with Crippen LogP contribution >= 0.6 is 0 Å². The number of halogens is 3. The molecule has 0 spiro atoms. The zero-order chi connectivity index (χ0) is 15.6. The van der Waals surface area contributed by atoms with Gasteiger partial charge in [-0.1, -0.05) is 0 Å². The average molecular weight is 295 g/mol. The third-order valence-electron chi connectivity index (χ3n) is 2.43. The molecule has 0 aliphatic heterocycles. The minimum atomic E-state index is -5.14. The maximum atomic E-state index is 12.6. The number of carboxylic acids is 1. The van der Waals surface area contributed by atoms with Crippen LogP contribution in [0.5, 0.6) is 0 Å². The molecule has 0 saturated carbocycles. The summed E-state index contributed by atoms with van der Waals surface area (Å²) < 4.78 is 42.9. The molecule has 112 valence electrons. The fraction of sp³-hybridized carbons (Fsp3) is 0.500. The van der Waals surface area contributed by atoms with Gasteiger partial charge in [0.05, 0.1) is 12.7 Å². The van der Waals surface area contributed by atoms with E-state index < -0.39 is 23.7 Å². The normalized spacial score (nSPS) is 14.4. The van der Waals surface area contributed by atoms with Gasteiger partial charge in [0.2, 0.25) is 11.4 Å². The Kier molecular flexibility index (Phi) is 4.26. The molecule has 0 fully saturated rings. The van der Waals surface area contributed by atoms with E-state index in [0.29, 0.717) is 12.7 Å². The molecular formula is C10H12F3N3O4. The zero-order valence-corrected chi connectivity index (χ0v) is 10.5. The second kappa shape index (κ2) is 5.39. The summed E-state index contributed by atoms with van der Waals surface area (Å²) in [5.74, 6) is -1.67. The lowest BCUT2D eigenvalue weighted by Crippen LogP contribution is -2.63. The van der Waals surface area contributed by atoms with Crippen LogP contribution in [0.2, 0.25) is 0 Å². The molecule has 0 aromatic carbocycles. The fourth-order valence-electron chi connectivity index (χ4n) is 1.16. The maximum absolute atomic E-state index is 12.6. The van der Waals surface area contributed by atoms with Crippen molar-refractivity contribution in [2.75, 3.05) is 0 Å². The smallest absolute Gasteiger partial charge is 0.422 e. The van der Waals surface area contributed by atoms with Crippen molar-refractivity contribution in [2.24, 2.45) is 0 Å². The Morgan fingerprint density at radius 1 is 1.45 bits per heavy atom. The SMILES string of the molecule is Cc1cnc(CNC(=O)NC(C)(C(=O)O)C(F)(F)F)o1. The minimum absolute atomic E-state index is 0.0849. The van der Waals surface area contributed by atoms with Crippen molar-refractivity contribution in [1.82, 2.24) is 15.6 Å². The number of urea groups is 1. The van der Waals surface area contributed by atoms with E-state index >= 15 is 0 Å². The van der Waals surface area contributed by atoms with Gasteiger partial charge >= 0.3 is 18.2 Å². The van der Waals surface area contributed by atoms with Gasteiger partial charge in [-0.15, -0.1) is 0 Å². The van der Waals surface area contributed by atoms with Gasteiger partial charge in [0.15, 0.2) is 0 Å². The molecule has 7 nitrogen and oxygen atoms in total. The van der Waals surface area contributed by atoms with Gasteiger partial charge in [0.1, 0.15) is 5.76 Å². The topological polar surface area (TPSA) is 104 Å². The summed E-state index contributed by atoms with van der Waals surface area (Å²) >= 11 is 0. The minimum Gasteiger partial charge on any atom is -0.479 e. The quantitative estimate of drug-likeness (QED) is 0.774. The number of hydrogen-bond donors (Lipinski definition) is 3. The number of carbonyl (C=O) groups excluding carboxylic acids is 1. The Morgan fingerprint density at radius 3 is 2.45 bits per heavy atom. The van der Waals surface area contributed by atoms with Crippen molar-refractivity contribution in [1.29, 1.82) is 0 Å². The number of aliphatic carboxylic acids is 1. The summed E-state index contributed by atoms with van der Waals surface area (Å²) in [6.07, 6.45) is -3.78. The number of hydrogen-bond acceptors (Lipinski definition) is 4. The van der Waals surface area contributed by atoms with Gasteiger partial charge < -0.3 is 20.2 Å². The first-order valence-electron chi connectivity index (χ1n) is 5.33. The molecule has 0 radical (unpaired) electrons. The van der Waals surface area contributed by atoms with Crippen molar-refractivity contribution in [2.45, 2.75) is 32.1 Å².